The van der Waals surface area contributed by atoms with Crippen LogP contribution in [0.15, 0.2) is 40.2 Å². The summed E-state index contributed by atoms with van der Waals surface area (Å²) >= 11 is 1.33. The van der Waals surface area contributed by atoms with Gasteiger partial charge in [0.1, 0.15) is 5.03 Å². The second-order valence-electron chi connectivity index (χ2n) is 7.19. The molecule has 0 radical (unpaired) electrons. The van der Waals surface area contributed by atoms with Gasteiger partial charge in [0.2, 0.25) is 5.91 Å². The molecule has 2 rings (SSSR count). The van der Waals surface area contributed by atoms with Crippen LogP contribution in [0, 0.1) is 13.8 Å². The molecule has 1 unspecified atom stereocenters. The van der Waals surface area contributed by atoms with E-state index < -0.39 is 0 Å². The highest BCUT2D eigenvalue weighted by atomic mass is 32.2. The van der Waals surface area contributed by atoms with Gasteiger partial charge in [-0.2, -0.15) is 9.78 Å². The van der Waals surface area contributed by atoms with E-state index in [2.05, 4.69) is 10.4 Å². The minimum absolute atomic E-state index is 0.0526. The lowest BCUT2D eigenvalue weighted by atomic mass is 10.1. The fourth-order valence-electron chi connectivity index (χ4n) is 2.21. The second-order valence-corrected chi connectivity index (χ2v) is 8.55. The Balaban J connectivity index is 2.25. The first-order valence-electron chi connectivity index (χ1n) is 8.23. The van der Waals surface area contributed by atoms with Gasteiger partial charge in [-0.3, -0.25) is 9.59 Å². The van der Waals surface area contributed by atoms with Crippen LogP contribution in [0.5, 0.6) is 0 Å². The predicted octanol–water partition coefficient (Wildman–Crippen LogP) is 3.24. The average molecular weight is 359 g/mol. The number of nitrogens with one attached hydrogen (secondary N) is 1. The maximum atomic E-state index is 12.2. The molecule has 0 aliphatic rings. The van der Waals surface area contributed by atoms with Crippen molar-refractivity contribution in [3.63, 3.8) is 0 Å². The highest BCUT2D eigenvalue weighted by molar-refractivity contribution is 8.00. The molecule has 0 aliphatic carbocycles. The van der Waals surface area contributed by atoms with Gasteiger partial charge in [0.05, 0.1) is 10.9 Å². The minimum Gasteiger partial charge on any atom is -0.351 e. The van der Waals surface area contributed by atoms with Crippen molar-refractivity contribution in [2.75, 3.05) is 0 Å². The third-order valence-corrected chi connectivity index (χ3v) is 4.70. The lowest BCUT2D eigenvalue weighted by molar-refractivity contribution is -0.121. The van der Waals surface area contributed by atoms with E-state index in [1.54, 1.807) is 6.07 Å². The molecule has 0 saturated carbocycles. The van der Waals surface area contributed by atoms with Crippen LogP contribution in [-0.2, 0) is 4.79 Å². The van der Waals surface area contributed by atoms with Crippen LogP contribution >= 0.6 is 11.8 Å². The van der Waals surface area contributed by atoms with Gasteiger partial charge in [0, 0.05) is 11.6 Å². The van der Waals surface area contributed by atoms with Crippen LogP contribution in [-0.4, -0.2) is 26.5 Å². The average Bonchev–Trinajstić information content (AvgIpc) is 2.50. The first-order valence-corrected chi connectivity index (χ1v) is 9.11. The molecule has 1 aromatic heterocycles. The zero-order valence-electron chi connectivity index (χ0n) is 15.6. The zero-order chi connectivity index (χ0) is 18.8. The van der Waals surface area contributed by atoms with E-state index in [1.807, 2.05) is 59.7 Å². The Bertz CT molecular complexity index is 837. The summed E-state index contributed by atoms with van der Waals surface area (Å²) in [5.74, 6) is -0.0526. The van der Waals surface area contributed by atoms with Crippen LogP contribution in [0.3, 0.4) is 0 Å². The van der Waals surface area contributed by atoms with E-state index >= 15 is 0 Å². The Morgan fingerprint density at radius 2 is 1.84 bits per heavy atom. The summed E-state index contributed by atoms with van der Waals surface area (Å²) in [5, 5.41) is 7.70. The molecule has 2 aromatic rings. The maximum absolute atomic E-state index is 12.2. The highest BCUT2D eigenvalue weighted by Gasteiger charge is 2.21. The molecule has 0 bridgehead atoms. The predicted molar refractivity (Wildman–Crippen MR) is 103 cm³/mol. The van der Waals surface area contributed by atoms with Gasteiger partial charge in [-0.25, -0.2) is 0 Å². The van der Waals surface area contributed by atoms with Gasteiger partial charge >= 0.3 is 0 Å². The van der Waals surface area contributed by atoms with Crippen molar-refractivity contribution < 1.29 is 4.79 Å². The van der Waals surface area contributed by atoms with Gasteiger partial charge < -0.3 is 5.32 Å². The number of rotatable bonds is 4. The Morgan fingerprint density at radius 1 is 1.16 bits per heavy atom. The number of nitrogens with zero attached hydrogens (tertiary/aromatic N) is 2. The summed E-state index contributed by atoms with van der Waals surface area (Å²) < 4.78 is 1.38. The molecule has 0 aliphatic heterocycles. The molecule has 1 N–H and O–H groups in total. The minimum atomic E-state index is -0.308. The molecule has 0 fully saturated rings. The van der Waals surface area contributed by atoms with E-state index in [0.717, 1.165) is 16.8 Å². The fraction of sp³-hybridized carbons (Fsp3) is 0.421. The van der Waals surface area contributed by atoms with Crippen molar-refractivity contribution in [3.8, 4) is 5.69 Å². The molecule has 25 heavy (non-hydrogen) atoms. The molecule has 0 spiro atoms. The number of benzene rings is 1. The van der Waals surface area contributed by atoms with Gasteiger partial charge in [0.15, 0.2) is 0 Å². The number of hydrogen-bond donors (Lipinski definition) is 1. The van der Waals surface area contributed by atoms with Crippen molar-refractivity contribution in [3.05, 3.63) is 51.8 Å². The number of aromatic nitrogens is 2. The lowest BCUT2D eigenvalue weighted by Crippen LogP contribution is -2.44. The number of thioether (sulfide) groups is 1. The van der Waals surface area contributed by atoms with Crippen LogP contribution in [0.25, 0.3) is 5.69 Å². The van der Waals surface area contributed by atoms with E-state index in [1.165, 1.54) is 22.5 Å². The van der Waals surface area contributed by atoms with Crippen LogP contribution in [0.1, 0.15) is 38.8 Å². The third-order valence-electron chi connectivity index (χ3n) is 3.68. The molecule has 1 heterocycles. The van der Waals surface area contributed by atoms with E-state index in [9.17, 15) is 9.59 Å². The van der Waals surface area contributed by atoms with Crippen molar-refractivity contribution in [2.45, 2.75) is 57.4 Å². The quantitative estimate of drug-likeness (QED) is 0.851. The molecular weight excluding hydrogens is 334 g/mol. The van der Waals surface area contributed by atoms with Gasteiger partial charge in [0.25, 0.3) is 5.56 Å². The van der Waals surface area contributed by atoms with Crippen LogP contribution in [0.2, 0.25) is 0 Å². The maximum Gasteiger partial charge on any atom is 0.271 e. The zero-order valence-corrected chi connectivity index (χ0v) is 16.4. The van der Waals surface area contributed by atoms with Gasteiger partial charge in [-0.05, 0) is 70.9 Å². The first kappa shape index (κ1) is 19.2. The Morgan fingerprint density at radius 3 is 2.44 bits per heavy atom. The summed E-state index contributed by atoms with van der Waals surface area (Å²) in [6, 6.07) is 8.93. The van der Waals surface area contributed by atoms with Gasteiger partial charge in [-0.1, -0.05) is 17.8 Å². The molecule has 134 valence electrons. The molecule has 0 saturated heterocycles. The van der Waals surface area contributed by atoms with E-state index in [0.29, 0.717) is 5.03 Å². The smallest absolute Gasteiger partial charge is 0.271 e. The summed E-state index contributed by atoms with van der Waals surface area (Å²) in [7, 11) is 0. The fourth-order valence-corrected chi connectivity index (χ4v) is 3.01. The first-order chi connectivity index (χ1) is 11.6. The summed E-state index contributed by atoms with van der Waals surface area (Å²) in [4.78, 5) is 24.4. The number of hydrogen-bond acceptors (Lipinski definition) is 4. The van der Waals surface area contributed by atoms with E-state index in [4.69, 9.17) is 0 Å². The SMILES string of the molecule is Cc1ccc(-n2nc(SC(C)C(=O)NC(C)(C)C)ccc2=O)cc1C. The summed E-state index contributed by atoms with van der Waals surface area (Å²) in [5.41, 5.74) is 2.51. The highest BCUT2D eigenvalue weighted by Crippen LogP contribution is 2.21. The summed E-state index contributed by atoms with van der Waals surface area (Å²) in [6.07, 6.45) is 0. The molecule has 1 aromatic carbocycles. The van der Waals surface area contributed by atoms with Gasteiger partial charge in [-0.15, -0.1) is 0 Å². The molecule has 6 heteroatoms. The molecule has 1 amide bonds. The Kier molecular flexibility index (Phi) is 5.72. The largest absolute Gasteiger partial charge is 0.351 e. The number of carbonyl (C=O) groups is 1. The monoisotopic (exact) mass is 359 g/mol. The van der Waals surface area contributed by atoms with Crippen molar-refractivity contribution >= 4 is 17.7 Å². The Hall–Kier alpha value is -2.08. The molecule has 1 atom stereocenters. The number of carbonyl (C=O) groups excluding carboxylic acids is 1. The topological polar surface area (TPSA) is 64.0 Å². The number of amides is 1. The van der Waals surface area contributed by atoms with Crippen LogP contribution < -0.4 is 10.9 Å². The summed E-state index contributed by atoms with van der Waals surface area (Å²) in [6.45, 7) is 11.7. The van der Waals surface area contributed by atoms with Crippen molar-refractivity contribution in [1.29, 1.82) is 0 Å². The lowest BCUT2D eigenvalue weighted by Gasteiger charge is -2.22. The van der Waals surface area contributed by atoms with Crippen molar-refractivity contribution in [1.82, 2.24) is 15.1 Å². The van der Waals surface area contributed by atoms with Crippen LogP contribution in [0.4, 0.5) is 0 Å². The molecular formula is C19H25N3O2S. The molecule has 5 nitrogen and oxygen atoms in total. The normalized spacial score (nSPS) is 12.7. The second kappa shape index (κ2) is 7.44. The standard InChI is InChI=1S/C19H25N3O2S/c1-12-7-8-15(11-13(12)2)22-17(23)10-9-16(21-22)25-14(3)18(24)20-19(4,5)6/h7-11,14H,1-6H3,(H,20,24). The van der Waals surface area contributed by atoms with E-state index in [-0.39, 0.29) is 22.3 Å². The third kappa shape index (κ3) is 5.19. The number of aryl methyl sites for hydroxylation is 2. The van der Waals surface area contributed by atoms with Crippen molar-refractivity contribution in [2.24, 2.45) is 0 Å². The Labute approximate surface area is 152 Å².